The molecule has 21 heavy (non-hydrogen) atoms. The molecule has 1 aromatic heterocycles. The first-order valence-electron chi connectivity index (χ1n) is 6.67. The number of aryl methyl sites for hydroxylation is 1. The van der Waals surface area contributed by atoms with Crippen molar-refractivity contribution in [3.63, 3.8) is 0 Å². The maximum absolute atomic E-state index is 12.8. The molecule has 8 nitrogen and oxygen atoms in total. The first-order valence-corrected chi connectivity index (χ1v) is 8.11. The molecule has 1 aliphatic heterocycles. The molecule has 1 aromatic rings. The van der Waals surface area contributed by atoms with Crippen molar-refractivity contribution in [2.24, 2.45) is 0 Å². The molecule has 118 valence electrons. The smallest absolute Gasteiger partial charge is 0.325 e. The number of carboxylic acid groups (broad SMARTS) is 1. The second-order valence-electron chi connectivity index (χ2n) is 4.92. The van der Waals surface area contributed by atoms with E-state index in [1.807, 2.05) is 0 Å². The Morgan fingerprint density at radius 1 is 1.33 bits per heavy atom. The van der Waals surface area contributed by atoms with Gasteiger partial charge in [-0.05, 0) is 20.3 Å². The maximum Gasteiger partial charge on any atom is 0.325 e. The van der Waals surface area contributed by atoms with Crippen LogP contribution in [0, 0.1) is 13.8 Å². The Morgan fingerprint density at radius 2 is 2.05 bits per heavy atom. The van der Waals surface area contributed by atoms with E-state index in [9.17, 15) is 13.2 Å². The molecular weight excluding hydrogens is 298 g/mol. The summed E-state index contributed by atoms with van der Waals surface area (Å²) in [5.74, 6) is -1.06. The molecule has 0 aromatic carbocycles. The number of carbonyl (C=O) groups is 1. The summed E-state index contributed by atoms with van der Waals surface area (Å²) < 4.78 is 33.4. The normalized spacial score (nSPS) is 17.6. The molecule has 1 saturated heterocycles. The van der Waals surface area contributed by atoms with Crippen molar-refractivity contribution in [3.8, 4) is 0 Å². The molecule has 0 aliphatic carbocycles. The highest BCUT2D eigenvalue weighted by molar-refractivity contribution is 7.89. The van der Waals surface area contributed by atoms with Crippen LogP contribution in [0.4, 0.5) is 0 Å². The van der Waals surface area contributed by atoms with E-state index in [4.69, 9.17) is 9.84 Å². The highest BCUT2D eigenvalue weighted by Gasteiger charge is 2.31. The topological polar surface area (TPSA) is 102 Å². The minimum atomic E-state index is -3.68. The molecule has 2 rings (SSSR count). The molecule has 0 spiro atoms. The number of nitrogens with zero attached hydrogens (tertiary/aromatic N) is 3. The highest BCUT2D eigenvalue weighted by atomic mass is 32.2. The van der Waals surface area contributed by atoms with Crippen LogP contribution in [0.15, 0.2) is 4.90 Å². The van der Waals surface area contributed by atoms with Crippen molar-refractivity contribution in [2.45, 2.75) is 31.7 Å². The predicted molar refractivity (Wildman–Crippen MR) is 73.5 cm³/mol. The lowest BCUT2D eigenvalue weighted by molar-refractivity contribution is -0.137. The van der Waals surface area contributed by atoms with Crippen molar-refractivity contribution in [1.82, 2.24) is 14.1 Å². The summed E-state index contributed by atoms with van der Waals surface area (Å²) in [4.78, 5) is 10.9. The molecular formula is C12H19N3O5S. The third-order valence-electron chi connectivity index (χ3n) is 3.38. The van der Waals surface area contributed by atoms with E-state index in [2.05, 4.69) is 5.10 Å². The lowest BCUT2D eigenvalue weighted by atomic mass is 10.4. The minimum Gasteiger partial charge on any atom is -0.480 e. The highest BCUT2D eigenvalue weighted by Crippen LogP contribution is 2.24. The molecule has 9 heteroatoms. The van der Waals surface area contributed by atoms with Gasteiger partial charge in [-0.3, -0.25) is 9.48 Å². The second kappa shape index (κ2) is 6.12. The average molecular weight is 317 g/mol. The molecule has 0 saturated carbocycles. The lowest BCUT2D eigenvalue weighted by Crippen LogP contribution is -2.34. The average Bonchev–Trinajstić information content (AvgIpc) is 2.60. The number of hydrogen-bond acceptors (Lipinski definition) is 5. The summed E-state index contributed by atoms with van der Waals surface area (Å²) in [7, 11) is -3.68. The molecule has 0 unspecified atom stereocenters. The Hall–Kier alpha value is -1.45. The Morgan fingerprint density at radius 3 is 2.71 bits per heavy atom. The van der Waals surface area contributed by atoms with Crippen LogP contribution in [0.25, 0.3) is 0 Å². The van der Waals surface area contributed by atoms with Crippen LogP contribution in [0.5, 0.6) is 0 Å². The summed E-state index contributed by atoms with van der Waals surface area (Å²) in [6.45, 7) is 4.39. The Balaban J connectivity index is 2.39. The van der Waals surface area contributed by atoms with Gasteiger partial charge in [-0.25, -0.2) is 8.42 Å². The van der Waals surface area contributed by atoms with Crippen LogP contribution in [-0.4, -0.2) is 59.9 Å². The SMILES string of the molecule is Cc1nn(CC(=O)O)c(C)c1S(=O)(=O)N1CCCOCC1. The van der Waals surface area contributed by atoms with Crippen LogP contribution in [-0.2, 0) is 26.1 Å². The van der Waals surface area contributed by atoms with Gasteiger partial charge in [-0.1, -0.05) is 0 Å². The summed E-state index contributed by atoms with van der Waals surface area (Å²) >= 11 is 0. The molecule has 2 heterocycles. The minimum absolute atomic E-state index is 0.102. The fourth-order valence-corrected chi connectivity index (χ4v) is 4.26. The van der Waals surface area contributed by atoms with Gasteiger partial charge in [0.1, 0.15) is 11.4 Å². The summed E-state index contributed by atoms with van der Waals surface area (Å²) in [6, 6.07) is 0. The summed E-state index contributed by atoms with van der Waals surface area (Å²) in [5.41, 5.74) is 0.666. The van der Waals surface area contributed by atoms with Crippen LogP contribution >= 0.6 is 0 Å². The second-order valence-corrected chi connectivity index (χ2v) is 6.80. The largest absolute Gasteiger partial charge is 0.480 e. The third kappa shape index (κ3) is 3.25. The first-order chi connectivity index (χ1) is 9.84. The van der Waals surface area contributed by atoms with Gasteiger partial charge in [-0.2, -0.15) is 9.40 Å². The molecule has 0 amide bonds. The van der Waals surface area contributed by atoms with Crippen molar-refractivity contribution in [3.05, 3.63) is 11.4 Å². The van der Waals surface area contributed by atoms with E-state index in [-0.39, 0.29) is 11.4 Å². The van der Waals surface area contributed by atoms with Crippen molar-refractivity contribution in [1.29, 1.82) is 0 Å². The van der Waals surface area contributed by atoms with Gasteiger partial charge in [0.25, 0.3) is 0 Å². The summed E-state index contributed by atoms with van der Waals surface area (Å²) in [5, 5.41) is 12.9. The zero-order valence-electron chi connectivity index (χ0n) is 12.1. The quantitative estimate of drug-likeness (QED) is 0.838. The van der Waals surface area contributed by atoms with Gasteiger partial charge in [0.15, 0.2) is 0 Å². The number of rotatable bonds is 4. The zero-order chi connectivity index (χ0) is 15.6. The lowest BCUT2D eigenvalue weighted by Gasteiger charge is -2.19. The Labute approximate surface area is 123 Å². The first kappa shape index (κ1) is 15.9. The molecule has 1 N–H and O–H groups in total. The van der Waals surface area contributed by atoms with Gasteiger partial charge < -0.3 is 9.84 Å². The summed E-state index contributed by atoms with van der Waals surface area (Å²) in [6.07, 6.45) is 0.639. The van der Waals surface area contributed by atoms with E-state index in [1.165, 1.54) is 8.99 Å². The number of carboxylic acids is 1. The zero-order valence-corrected chi connectivity index (χ0v) is 12.9. The Bertz CT molecular complexity index is 630. The maximum atomic E-state index is 12.8. The number of aromatic nitrogens is 2. The van der Waals surface area contributed by atoms with E-state index < -0.39 is 16.0 Å². The predicted octanol–water partition coefficient (Wildman–Crippen LogP) is -0.00446. The van der Waals surface area contributed by atoms with Crippen LogP contribution in [0.2, 0.25) is 0 Å². The fraction of sp³-hybridized carbons (Fsp3) is 0.667. The van der Waals surface area contributed by atoms with Gasteiger partial charge >= 0.3 is 5.97 Å². The van der Waals surface area contributed by atoms with Gasteiger partial charge in [-0.15, -0.1) is 0 Å². The van der Waals surface area contributed by atoms with E-state index >= 15 is 0 Å². The fourth-order valence-electron chi connectivity index (χ4n) is 2.43. The molecule has 1 fully saturated rings. The number of sulfonamides is 1. The molecule has 0 atom stereocenters. The van der Waals surface area contributed by atoms with Crippen LogP contribution in [0.1, 0.15) is 17.8 Å². The monoisotopic (exact) mass is 317 g/mol. The van der Waals surface area contributed by atoms with Crippen LogP contribution < -0.4 is 0 Å². The van der Waals surface area contributed by atoms with E-state index in [0.29, 0.717) is 44.1 Å². The van der Waals surface area contributed by atoms with Gasteiger partial charge in [0, 0.05) is 19.7 Å². The van der Waals surface area contributed by atoms with Gasteiger partial charge in [0.05, 0.1) is 18.0 Å². The third-order valence-corrected chi connectivity index (χ3v) is 5.53. The van der Waals surface area contributed by atoms with Crippen molar-refractivity contribution in [2.75, 3.05) is 26.3 Å². The number of aliphatic carboxylic acids is 1. The van der Waals surface area contributed by atoms with E-state index in [0.717, 1.165) is 0 Å². The number of ether oxygens (including phenoxy) is 1. The van der Waals surface area contributed by atoms with E-state index in [1.54, 1.807) is 13.8 Å². The molecule has 1 aliphatic rings. The molecule has 0 radical (unpaired) electrons. The molecule has 0 bridgehead atoms. The Kier molecular flexibility index (Phi) is 4.64. The standard InChI is InChI=1S/C12H19N3O5S/c1-9-12(10(2)15(13-9)8-11(16)17)21(18,19)14-4-3-6-20-7-5-14/h3-8H2,1-2H3,(H,16,17). The van der Waals surface area contributed by atoms with Crippen molar-refractivity contribution >= 4 is 16.0 Å². The van der Waals surface area contributed by atoms with Gasteiger partial charge in [0.2, 0.25) is 10.0 Å². The number of hydrogen-bond donors (Lipinski definition) is 1. The van der Waals surface area contributed by atoms with Crippen LogP contribution in [0.3, 0.4) is 0 Å². The van der Waals surface area contributed by atoms with Crippen molar-refractivity contribution < 1.29 is 23.1 Å².